The summed E-state index contributed by atoms with van der Waals surface area (Å²) >= 11 is 0. The Morgan fingerprint density at radius 2 is 1.95 bits per heavy atom. The van der Waals surface area contributed by atoms with Gasteiger partial charge < -0.3 is 25.5 Å². The highest BCUT2D eigenvalue weighted by Gasteiger charge is 2.21. The molecule has 5 N–H and O–H groups in total. The molecule has 0 atom stereocenters. The number of amidine groups is 1. The Kier molecular flexibility index (Phi) is 8.17. The van der Waals surface area contributed by atoms with Crippen molar-refractivity contribution in [2.75, 3.05) is 23.4 Å². The zero-order valence-corrected chi connectivity index (χ0v) is 21.2. The minimum atomic E-state index is -0.642. The van der Waals surface area contributed by atoms with Gasteiger partial charge in [-0.1, -0.05) is 0 Å². The smallest absolute Gasteiger partial charge is 0.419 e. The van der Waals surface area contributed by atoms with Crippen molar-refractivity contribution in [2.24, 2.45) is 5.73 Å². The number of nitrogens with one attached hydrogen (secondary N) is 3. The number of rotatable bonds is 10. The van der Waals surface area contributed by atoms with E-state index in [1.54, 1.807) is 49.5 Å². The Hall–Kier alpha value is -4.93. The number of carbonyl (C=O) groups excluding carboxylic acids is 2. The van der Waals surface area contributed by atoms with Crippen LogP contribution in [-0.2, 0) is 16.1 Å². The number of esters is 1. The molecule has 11 nitrogen and oxygen atoms in total. The molecule has 0 aliphatic rings. The molecule has 196 valence electrons. The number of H-pyrrole nitrogens is 1. The first-order valence-corrected chi connectivity index (χ1v) is 12.1. The van der Waals surface area contributed by atoms with E-state index in [1.165, 1.54) is 11.1 Å². The van der Waals surface area contributed by atoms with Crippen molar-refractivity contribution in [2.45, 2.75) is 26.8 Å². The van der Waals surface area contributed by atoms with E-state index < -0.39 is 12.1 Å². The molecule has 0 saturated heterocycles. The molecule has 0 aliphatic carbocycles. The maximum Gasteiger partial charge on any atom is 0.419 e. The van der Waals surface area contributed by atoms with E-state index in [2.05, 4.69) is 20.3 Å². The van der Waals surface area contributed by atoms with E-state index in [0.29, 0.717) is 40.4 Å². The van der Waals surface area contributed by atoms with Crippen molar-refractivity contribution < 1.29 is 19.1 Å². The molecule has 4 rings (SSSR count). The van der Waals surface area contributed by atoms with E-state index >= 15 is 0 Å². The van der Waals surface area contributed by atoms with Crippen LogP contribution in [0.2, 0.25) is 0 Å². The van der Waals surface area contributed by atoms with Gasteiger partial charge >= 0.3 is 12.1 Å². The molecular formula is C27H29N7O4. The van der Waals surface area contributed by atoms with E-state index in [0.717, 1.165) is 11.2 Å². The average Bonchev–Trinajstić information content (AvgIpc) is 3.34. The molecular weight excluding hydrogens is 486 g/mol. The summed E-state index contributed by atoms with van der Waals surface area (Å²) in [4.78, 5) is 38.4. The van der Waals surface area contributed by atoms with Gasteiger partial charge in [-0.25, -0.2) is 9.78 Å². The summed E-state index contributed by atoms with van der Waals surface area (Å²) in [5.41, 5.74) is 9.70. The van der Waals surface area contributed by atoms with Gasteiger partial charge in [-0.3, -0.25) is 20.1 Å². The lowest BCUT2D eigenvalue weighted by atomic mass is 10.2. The number of ether oxygens (including phenoxy) is 2. The first kappa shape index (κ1) is 26.1. The topological polar surface area (TPSA) is 159 Å². The zero-order chi connectivity index (χ0) is 27.1. The second-order valence-electron chi connectivity index (χ2n) is 8.40. The monoisotopic (exact) mass is 515 g/mol. The van der Waals surface area contributed by atoms with Gasteiger partial charge in [0.15, 0.2) is 0 Å². The number of imidazole rings is 1. The average molecular weight is 516 g/mol. The highest BCUT2D eigenvalue weighted by molar-refractivity contribution is 5.95. The Morgan fingerprint density at radius 3 is 2.63 bits per heavy atom. The number of aromatic amines is 1. The number of carbonyl (C=O) groups is 2. The Bertz CT molecular complexity index is 1440. The lowest BCUT2D eigenvalue weighted by Crippen LogP contribution is -2.35. The number of hydrogen-bond acceptors (Lipinski definition) is 8. The zero-order valence-electron chi connectivity index (χ0n) is 21.2. The fourth-order valence-electron chi connectivity index (χ4n) is 3.82. The molecule has 2 heterocycles. The van der Waals surface area contributed by atoms with Gasteiger partial charge in [0.25, 0.3) is 0 Å². The molecule has 4 aromatic rings. The quantitative estimate of drug-likeness (QED) is 0.139. The van der Waals surface area contributed by atoms with Crippen molar-refractivity contribution in [3.8, 4) is 5.75 Å². The van der Waals surface area contributed by atoms with Gasteiger partial charge in [0.1, 0.15) is 17.4 Å². The van der Waals surface area contributed by atoms with Crippen molar-refractivity contribution in [1.82, 2.24) is 15.0 Å². The molecule has 0 bridgehead atoms. The standard InChI is InChI=1S/C27H29N7O4/c1-3-37-24(35)12-14-34(20-5-4-13-30-15-20)27(36)38-22-11-10-21-25(17(22)2)33-23(32-21)16-31-19-8-6-18(7-9-19)26(28)29/h4-11,13,15,31H,3,12,14,16H2,1-2H3,(H3,28,29)(H,32,33). The van der Waals surface area contributed by atoms with Gasteiger partial charge in [0.05, 0.1) is 42.5 Å². The molecule has 2 aromatic carbocycles. The molecule has 0 saturated carbocycles. The predicted molar refractivity (Wildman–Crippen MR) is 144 cm³/mol. The summed E-state index contributed by atoms with van der Waals surface area (Å²) in [6.45, 7) is 4.34. The molecule has 0 spiro atoms. The molecule has 0 radical (unpaired) electrons. The van der Waals surface area contributed by atoms with E-state index in [9.17, 15) is 9.59 Å². The van der Waals surface area contributed by atoms with Crippen molar-refractivity contribution in [1.29, 1.82) is 5.41 Å². The third kappa shape index (κ3) is 6.25. The van der Waals surface area contributed by atoms with Crippen LogP contribution in [0.5, 0.6) is 5.75 Å². The molecule has 0 aliphatic heterocycles. The second-order valence-corrected chi connectivity index (χ2v) is 8.40. The summed E-state index contributed by atoms with van der Waals surface area (Å²) in [6, 6.07) is 14.2. The highest BCUT2D eigenvalue weighted by Crippen LogP contribution is 2.27. The third-order valence-electron chi connectivity index (χ3n) is 5.78. The first-order chi connectivity index (χ1) is 18.4. The fourth-order valence-corrected chi connectivity index (χ4v) is 3.82. The molecule has 0 fully saturated rings. The van der Waals surface area contributed by atoms with Crippen LogP contribution in [0.25, 0.3) is 11.0 Å². The number of fused-ring (bicyclic) bond motifs is 1. The maximum atomic E-state index is 13.2. The van der Waals surface area contributed by atoms with Crippen LogP contribution < -0.4 is 20.7 Å². The Morgan fingerprint density at radius 1 is 1.16 bits per heavy atom. The van der Waals surface area contributed by atoms with Crippen LogP contribution in [0.4, 0.5) is 16.2 Å². The van der Waals surface area contributed by atoms with Crippen LogP contribution >= 0.6 is 0 Å². The number of benzene rings is 2. The summed E-state index contributed by atoms with van der Waals surface area (Å²) in [7, 11) is 0. The number of hydrogen-bond donors (Lipinski definition) is 4. The van der Waals surface area contributed by atoms with Crippen LogP contribution in [-0.4, -0.2) is 46.0 Å². The third-order valence-corrected chi connectivity index (χ3v) is 5.78. The van der Waals surface area contributed by atoms with E-state index in [-0.39, 0.29) is 25.4 Å². The number of pyridine rings is 1. The normalized spacial score (nSPS) is 10.7. The number of nitrogens with two attached hydrogens (primary N) is 1. The van der Waals surface area contributed by atoms with Crippen molar-refractivity contribution in [3.05, 3.63) is 77.9 Å². The van der Waals surface area contributed by atoms with Crippen LogP contribution in [0.1, 0.15) is 30.3 Å². The molecule has 11 heteroatoms. The van der Waals surface area contributed by atoms with Crippen LogP contribution in [0.15, 0.2) is 60.9 Å². The van der Waals surface area contributed by atoms with Gasteiger partial charge in [0, 0.05) is 29.6 Å². The van der Waals surface area contributed by atoms with Crippen LogP contribution in [0.3, 0.4) is 0 Å². The van der Waals surface area contributed by atoms with Gasteiger partial charge in [-0.2, -0.15) is 0 Å². The molecule has 38 heavy (non-hydrogen) atoms. The number of anilines is 2. The van der Waals surface area contributed by atoms with Crippen molar-refractivity contribution >= 4 is 40.3 Å². The fraction of sp³-hybridized carbons (Fsp3) is 0.222. The summed E-state index contributed by atoms with van der Waals surface area (Å²) in [5.74, 6) is 0.676. The summed E-state index contributed by atoms with van der Waals surface area (Å²) in [5, 5.41) is 10.8. The number of nitrogen functional groups attached to an aromatic ring is 1. The predicted octanol–water partition coefficient (Wildman–Crippen LogP) is 4.12. The largest absolute Gasteiger partial charge is 0.466 e. The molecule has 0 unspecified atom stereocenters. The lowest BCUT2D eigenvalue weighted by molar-refractivity contribution is -0.142. The lowest BCUT2D eigenvalue weighted by Gasteiger charge is -2.22. The number of aromatic nitrogens is 3. The highest BCUT2D eigenvalue weighted by atomic mass is 16.6. The van der Waals surface area contributed by atoms with Gasteiger partial charge in [-0.05, 0) is 62.4 Å². The maximum absolute atomic E-state index is 13.2. The number of nitrogens with zero attached hydrogens (tertiary/aromatic N) is 3. The van der Waals surface area contributed by atoms with Gasteiger partial charge in [0.2, 0.25) is 0 Å². The Labute approximate surface area is 219 Å². The van der Waals surface area contributed by atoms with E-state index in [1.807, 2.05) is 19.1 Å². The molecule has 1 amide bonds. The SMILES string of the molecule is CCOC(=O)CCN(C(=O)Oc1ccc2[nH]c(CNc3ccc(C(=N)N)cc3)nc2c1C)c1cccnc1. The van der Waals surface area contributed by atoms with Crippen molar-refractivity contribution in [3.63, 3.8) is 0 Å². The summed E-state index contributed by atoms with van der Waals surface area (Å²) < 4.78 is 10.7. The number of amides is 1. The van der Waals surface area contributed by atoms with Crippen LogP contribution in [0, 0.1) is 12.3 Å². The second kappa shape index (κ2) is 11.9. The molecule has 2 aromatic heterocycles. The Balaban J connectivity index is 1.48. The van der Waals surface area contributed by atoms with Gasteiger partial charge in [-0.15, -0.1) is 0 Å². The number of aryl methyl sites for hydroxylation is 1. The minimum Gasteiger partial charge on any atom is -0.466 e. The summed E-state index contributed by atoms with van der Waals surface area (Å²) in [6.07, 6.45) is 2.50. The minimum absolute atomic E-state index is 0.0169. The first-order valence-electron chi connectivity index (χ1n) is 12.1. The van der Waals surface area contributed by atoms with E-state index in [4.69, 9.17) is 20.6 Å².